The van der Waals surface area contributed by atoms with Gasteiger partial charge < -0.3 is 9.32 Å². The maximum atomic E-state index is 13.1. The molecule has 0 aliphatic heterocycles. The highest BCUT2D eigenvalue weighted by Gasteiger charge is 2.25. The van der Waals surface area contributed by atoms with E-state index in [1.54, 1.807) is 6.26 Å². The lowest BCUT2D eigenvalue weighted by Gasteiger charge is -2.31. The van der Waals surface area contributed by atoms with Crippen LogP contribution < -0.4 is 0 Å². The first-order chi connectivity index (χ1) is 10.7. The van der Waals surface area contributed by atoms with Crippen molar-refractivity contribution in [2.75, 3.05) is 13.1 Å². The van der Waals surface area contributed by atoms with Gasteiger partial charge in [-0.05, 0) is 35.4 Å². The summed E-state index contributed by atoms with van der Waals surface area (Å²) in [5.41, 5.74) is 2.75. The van der Waals surface area contributed by atoms with E-state index in [1.807, 2.05) is 11.0 Å². The van der Waals surface area contributed by atoms with Crippen LogP contribution in [0, 0.1) is 11.3 Å². The lowest BCUT2D eigenvalue weighted by Crippen LogP contribution is -2.40. The van der Waals surface area contributed by atoms with Crippen LogP contribution in [0.2, 0.25) is 0 Å². The van der Waals surface area contributed by atoms with Crippen molar-refractivity contribution in [3.63, 3.8) is 0 Å². The minimum atomic E-state index is 0.0681. The molecule has 0 aliphatic rings. The van der Waals surface area contributed by atoms with Gasteiger partial charge in [0.15, 0.2) is 0 Å². The third-order valence-electron chi connectivity index (χ3n) is 3.81. The molecule has 0 saturated heterocycles. The number of carbonyl (C=O) groups excluding carboxylic acids is 1. The second-order valence-corrected chi connectivity index (χ2v) is 7.97. The van der Waals surface area contributed by atoms with E-state index in [4.69, 9.17) is 4.42 Å². The first-order valence-corrected chi connectivity index (χ1v) is 8.50. The summed E-state index contributed by atoms with van der Waals surface area (Å²) in [6.45, 7) is 14.4. The summed E-state index contributed by atoms with van der Waals surface area (Å²) in [6, 6.07) is 6.10. The Morgan fingerprint density at radius 3 is 2.52 bits per heavy atom. The molecule has 126 valence electrons. The van der Waals surface area contributed by atoms with Crippen molar-refractivity contribution in [3.8, 4) is 0 Å². The molecular formula is C20H29NO2. The average molecular weight is 315 g/mol. The molecule has 3 nitrogen and oxygen atoms in total. The van der Waals surface area contributed by atoms with E-state index in [0.717, 1.165) is 30.5 Å². The predicted octanol–water partition coefficient (Wildman–Crippen LogP) is 5.14. The van der Waals surface area contributed by atoms with Gasteiger partial charge in [-0.3, -0.25) is 4.79 Å². The number of rotatable bonds is 5. The van der Waals surface area contributed by atoms with E-state index >= 15 is 0 Å². The maximum Gasteiger partial charge on any atom is 0.257 e. The van der Waals surface area contributed by atoms with Crippen molar-refractivity contribution in [1.82, 2.24) is 4.90 Å². The van der Waals surface area contributed by atoms with Gasteiger partial charge in [0.2, 0.25) is 0 Å². The largest absolute Gasteiger partial charge is 0.463 e. The number of benzene rings is 1. The number of furan rings is 1. The van der Waals surface area contributed by atoms with Crippen LogP contribution in [0.1, 0.15) is 57.5 Å². The summed E-state index contributed by atoms with van der Waals surface area (Å²) >= 11 is 0. The summed E-state index contributed by atoms with van der Waals surface area (Å²) in [5, 5.41) is 0.928. The molecule has 1 heterocycles. The summed E-state index contributed by atoms with van der Waals surface area (Å²) in [5.74, 6) is 0.506. The number of amides is 1. The molecule has 1 aromatic heterocycles. The zero-order chi connectivity index (χ0) is 17.2. The molecule has 2 rings (SSSR count). The second kappa shape index (κ2) is 6.77. The molecule has 1 aromatic carbocycles. The molecule has 0 N–H and O–H groups in total. The number of fused-ring (bicyclic) bond motifs is 1. The second-order valence-electron chi connectivity index (χ2n) is 7.97. The monoisotopic (exact) mass is 315 g/mol. The zero-order valence-electron chi connectivity index (χ0n) is 15.3. The molecule has 0 atom stereocenters. The lowest BCUT2D eigenvalue weighted by atomic mass is 9.95. The van der Waals surface area contributed by atoms with E-state index in [-0.39, 0.29) is 11.3 Å². The van der Waals surface area contributed by atoms with Gasteiger partial charge in [-0.1, -0.05) is 47.6 Å². The molecule has 0 fully saturated rings. The minimum absolute atomic E-state index is 0.0681. The summed E-state index contributed by atoms with van der Waals surface area (Å²) in [7, 11) is 0. The number of hydrogen-bond acceptors (Lipinski definition) is 2. The molecule has 2 aromatic rings. The zero-order valence-corrected chi connectivity index (χ0v) is 15.3. The third kappa shape index (κ3) is 4.37. The Morgan fingerprint density at radius 1 is 1.26 bits per heavy atom. The van der Waals surface area contributed by atoms with E-state index < -0.39 is 0 Å². The SMILES string of the molecule is CCc1ccc2occ(C(=O)N(CC(C)C)CC(C)(C)C)c2c1. The highest BCUT2D eigenvalue weighted by molar-refractivity contribution is 6.06. The van der Waals surface area contributed by atoms with Gasteiger partial charge in [0.05, 0.1) is 5.56 Å². The smallest absolute Gasteiger partial charge is 0.257 e. The van der Waals surface area contributed by atoms with Crippen molar-refractivity contribution in [1.29, 1.82) is 0 Å². The Bertz CT molecular complexity index is 676. The number of nitrogens with zero attached hydrogens (tertiary/aromatic N) is 1. The van der Waals surface area contributed by atoms with Crippen LogP contribution in [0.3, 0.4) is 0 Å². The minimum Gasteiger partial charge on any atom is -0.463 e. The number of aryl methyl sites for hydroxylation is 1. The van der Waals surface area contributed by atoms with E-state index in [9.17, 15) is 4.79 Å². The molecular weight excluding hydrogens is 286 g/mol. The Labute approximate surface area is 139 Å². The fraction of sp³-hybridized carbons (Fsp3) is 0.550. The van der Waals surface area contributed by atoms with E-state index in [2.05, 4.69) is 53.7 Å². The van der Waals surface area contributed by atoms with Crippen molar-refractivity contribution >= 4 is 16.9 Å². The molecule has 0 radical (unpaired) electrons. The number of hydrogen-bond donors (Lipinski definition) is 0. The Morgan fingerprint density at radius 2 is 1.96 bits per heavy atom. The molecule has 0 unspecified atom stereocenters. The first-order valence-electron chi connectivity index (χ1n) is 8.50. The fourth-order valence-electron chi connectivity index (χ4n) is 2.86. The van der Waals surface area contributed by atoms with Crippen LogP contribution in [0.25, 0.3) is 11.0 Å². The predicted molar refractivity (Wildman–Crippen MR) is 95.8 cm³/mol. The van der Waals surface area contributed by atoms with Crippen LogP contribution in [0.5, 0.6) is 0 Å². The van der Waals surface area contributed by atoms with Crippen LogP contribution in [0.15, 0.2) is 28.9 Å². The van der Waals surface area contributed by atoms with Crippen LogP contribution in [-0.2, 0) is 6.42 Å². The summed E-state index contributed by atoms with van der Waals surface area (Å²) < 4.78 is 5.61. The van der Waals surface area contributed by atoms with Crippen molar-refractivity contribution in [3.05, 3.63) is 35.6 Å². The van der Waals surface area contributed by atoms with Crippen molar-refractivity contribution in [2.45, 2.75) is 48.0 Å². The first kappa shape index (κ1) is 17.6. The Kier molecular flexibility index (Phi) is 5.18. The highest BCUT2D eigenvalue weighted by atomic mass is 16.3. The van der Waals surface area contributed by atoms with Gasteiger partial charge in [0.25, 0.3) is 5.91 Å². The number of carbonyl (C=O) groups is 1. The lowest BCUT2D eigenvalue weighted by molar-refractivity contribution is 0.0672. The van der Waals surface area contributed by atoms with Gasteiger partial charge in [-0.25, -0.2) is 0 Å². The van der Waals surface area contributed by atoms with Crippen LogP contribution >= 0.6 is 0 Å². The standard InChI is InChI=1S/C20H29NO2/c1-7-15-8-9-18-16(10-15)17(12-23-18)19(22)21(11-14(2)3)13-20(4,5)6/h8-10,12,14H,7,11,13H2,1-6H3. The Balaban J connectivity index is 2.39. The van der Waals surface area contributed by atoms with E-state index in [0.29, 0.717) is 11.5 Å². The van der Waals surface area contributed by atoms with Gasteiger partial charge in [0.1, 0.15) is 11.8 Å². The summed E-state index contributed by atoms with van der Waals surface area (Å²) in [6.07, 6.45) is 2.56. The topological polar surface area (TPSA) is 33.5 Å². The molecule has 0 saturated carbocycles. The van der Waals surface area contributed by atoms with Crippen molar-refractivity contribution in [2.24, 2.45) is 11.3 Å². The maximum absolute atomic E-state index is 13.1. The molecule has 0 spiro atoms. The normalized spacial score (nSPS) is 12.1. The third-order valence-corrected chi connectivity index (χ3v) is 3.81. The van der Waals surface area contributed by atoms with Crippen LogP contribution in [-0.4, -0.2) is 23.9 Å². The van der Waals surface area contributed by atoms with Gasteiger partial charge in [-0.15, -0.1) is 0 Å². The summed E-state index contributed by atoms with van der Waals surface area (Å²) in [4.78, 5) is 15.1. The van der Waals surface area contributed by atoms with Gasteiger partial charge >= 0.3 is 0 Å². The molecule has 23 heavy (non-hydrogen) atoms. The fourth-order valence-corrected chi connectivity index (χ4v) is 2.86. The quantitative estimate of drug-likeness (QED) is 0.765. The molecule has 3 heteroatoms. The van der Waals surface area contributed by atoms with Gasteiger partial charge in [-0.2, -0.15) is 0 Å². The Hall–Kier alpha value is -1.77. The van der Waals surface area contributed by atoms with Crippen LogP contribution in [0.4, 0.5) is 0 Å². The highest BCUT2D eigenvalue weighted by Crippen LogP contribution is 2.26. The van der Waals surface area contributed by atoms with E-state index in [1.165, 1.54) is 5.56 Å². The van der Waals surface area contributed by atoms with Crippen molar-refractivity contribution < 1.29 is 9.21 Å². The van der Waals surface area contributed by atoms with Gasteiger partial charge in [0, 0.05) is 18.5 Å². The molecule has 1 amide bonds. The average Bonchev–Trinajstić information content (AvgIpc) is 2.86. The molecule has 0 aliphatic carbocycles. The molecule has 0 bridgehead atoms.